The number of aliphatic hydroxyl groups excluding tert-OH is 1. The molecule has 0 aromatic heterocycles. The van der Waals surface area contributed by atoms with Crippen molar-refractivity contribution in [2.75, 3.05) is 39.6 Å². The van der Waals surface area contributed by atoms with Crippen molar-refractivity contribution in [1.29, 1.82) is 0 Å². The van der Waals surface area contributed by atoms with Crippen molar-refractivity contribution in [1.82, 2.24) is 0 Å². The van der Waals surface area contributed by atoms with E-state index < -0.39 is 97.5 Å². The van der Waals surface area contributed by atoms with Gasteiger partial charge in [-0.15, -0.1) is 0 Å². The second-order valence-electron chi connectivity index (χ2n) is 26.6. The molecule has 0 amide bonds. The summed E-state index contributed by atoms with van der Waals surface area (Å²) >= 11 is 0. The Labute approximate surface area is 608 Å². The summed E-state index contributed by atoms with van der Waals surface area (Å²) in [7, 11) is -9.96. The number of hydrogen-bond acceptors (Lipinski definition) is 15. The van der Waals surface area contributed by atoms with Gasteiger partial charge < -0.3 is 33.8 Å². The van der Waals surface area contributed by atoms with Gasteiger partial charge in [-0.25, -0.2) is 9.13 Å². The lowest BCUT2D eigenvalue weighted by molar-refractivity contribution is -0.161. The number of phosphoric ester groups is 2. The second-order valence-corrected chi connectivity index (χ2v) is 29.5. The zero-order valence-corrected chi connectivity index (χ0v) is 65.2. The van der Waals surface area contributed by atoms with Crippen LogP contribution in [0.5, 0.6) is 0 Å². The Balaban J connectivity index is 5.36. The third-order valence-corrected chi connectivity index (χ3v) is 18.7. The summed E-state index contributed by atoms with van der Waals surface area (Å²) in [4.78, 5) is 73.0. The number of hydrogen-bond donors (Lipinski definition) is 3. The molecule has 5 unspecified atom stereocenters. The number of carbonyl (C=O) groups is 4. The van der Waals surface area contributed by atoms with Crippen LogP contribution in [0.15, 0.2) is 85.1 Å². The first-order chi connectivity index (χ1) is 48.7. The van der Waals surface area contributed by atoms with Crippen LogP contribution in [0.2, 0.25) is 0 Å². The molecule has 0 bridgehead atoms. The average Bonchev–Trinajstić information content (AvgIpc) is 1.06. The number of esters is 4. The molecule has 0 aromatic carbocycles. The molecule has 0 saturated carbocycles. The molecule has 0 rings (SSSR count). The first-order valence-electron chi connectivity index (χ1n) is 39.8. The minimum Gasteiger partial charge on any atom is -0.462 e. The molecule has 5 atom stereocenters. The number of unbranched alkanes of at least 4 members (excludes halogenated alkanes) is 35. The molecule has 0 aliphatic rings. The van der Waals surface area contributed by atoms with Gasteiger partial charge in [0.25, 0.3) is 0 Å². The number of aliphatic hydroxyl groups is 1. The molecule has 0 heterocycles. The standard InChI is InChI=1S/C81H144O17P2/c1-5-9-13-17-21-25-29-33-36-37-40-43-46-50-54-58-62-66-79(84)92-72-77(98-81(86)68-64-60-56-52-48-44-39-35-31-27-23-19-15-11-7-3)74-96-100(89,90)94-70-75(82)69-93-99(87,88)95-73-76(97-80(85)67-63-59-55-51-47-41-32-28-24-20-16-12-8-4)71-91-78(83)65-61-57-53-49-45-42-38-34-30-26-22-18-14-10-6-2/h9,13,16,20-21,25,28,32-33,35-36,39-40,43,75-77,82H,5-8,10-12,14-15,17-19,22-24,26-27,29-31,34,37-38,41-42,44-74H2,1-4H3,(H,87,88)(H,89,90)/b13-9-,20-16-,25-21-,32-28-,36-33-,39-35-,43-40-. The number of phosphoric acid groups is 2. The summed E-state index contributed by atoms with van der Waals surface area (Å²) in [6.07, 6.45) is 75.6. The largest absolute Gasteiger partial charge is 0.472 e. The van der Waals surface area contributed by atoms with Crippen molar-refractivity contribution in [3.05, 3.63) is 85.1 Å². The van der Waals surface area contributed by atoms with E-state index in [2.05, 4.69) is 113 Å². The molecular formula is C81H144O17P2. The molecule has 3 N–H and O–H groups in total. The maximum Gasteiger partial charge on any atom is 0.472 e. The van der Waals surface area contributed by atoms with Gasteiger partial charge in [0.05, 0.1) is 26.4 Å². The van der Waals surface area contributed by atoms with Gasteiger partial charge in [0.15, 0.2) is 12.2 Å². The van der Waals surface area contributed by atoms with Gasteiger partial charge in [0.1, 0.15) is 19.3 Å². The van der Waals surface area contributed by atoms with Crippen LogP contribution in [-0.2, 0) is 65.4 Å². The van der Waals surface area contributed by atoms with Gasteiger partial charge in [-0.05, 0) is 116 Å². The molecule has 17 nitrogen and oxygen atoms in total. The number of allylic oxidation sites excluding steroid dienone is 14. The highest BCUT2D eigenvalue weighted by Crippen LogP contribution is 2.45. The van der Waals surface area contributed by atoms with Gasteiger partial charge in [0.2, 0.25) is 0 Å². The van der Waals surface area contributed by atoms with Crippen LogP contribution in [-0.4, -0.2) is 96.7 Å². The predicted octanol–water partition coefficient (Wildman–Crippen LogP) is 23.0. The van der Waals surface area contributed by atoms with Crippen LogP contribution >= 0.6 is 15.6 Å². The maximum absolute atomic E-state index is 13.1. The summed E-state index contributed by atoms with van der Waals surface area (Å²) in [5.74, 6) is -2.20. The van der Waals surface area contributed by atoms with E-state index in [-0.39, 0.29) is 25.7 Å². The van der Waals surface area contributed by atoms with Crippen LogP contribution in [0, 0.1) is 0 Å². The van der Waals surface area contributed by atoms with Gasteiger partial charge in [-0.1, -0.05) is 293 Å². The highest BCUT2D eigenvalue weighted by atomic mass is 31.2. The molecule has 100 heavy (non-hydrogen) atoms. The van der Waals surface area contributed by atoms with Crippen LogP contribution in [0.4, 0.5) is 0 Å². The van der Waals surface area contributed by atoms with Crippen LogP contribution < -0.4 is 0 Å². The molecule has 0 aliphatic carbocycles. The fourth-order valence-electron chi connectivity index (χ4n) is 10.8. The minimum atomic E-state index is -4.98. The molecule has 0 fully saturated rings. The van der Waals surface area contributed by atoms with Crippen LogP contribution in [0.1, 0.15) is 349 Å². The number of carbonyl (C=O) groups excluding carboxylic acids is 4. The quantitative estimate of drug-likeness (QED) is 0.0169. The van der Waals surface area contributed by atoms with Gasteiger partial charge in [-0.2, -0.15) is 0 Å². The van der Waals surface area contributed by atoms with Crippen molar-refractivity contribution in [3.8, 4) is 0 Å². The summed E-state index contributed by atoms with van der Waals surface area (Å²) < 4.78 is 68.6. The van der Waals surface area contributed by atoms with Gasteiger partial charge in [0, 0.05) is 25.7 Å². The number of rotatable bonds is 75. The van der Waals surface area contributed by atoms with Crippen molar-refractivity contribution < 1.29 is 80.2 Å². The molecule has 19 heteroatoms. The summed E-state index contributed by atoms with van der Waals surface area (Å²) in [5, 5.41) is 10.6. The fourth-order valence-corrected chi connectivity index (χ4v) is 12.4. The maximum atomic E-state index is 13.1. The Hall–Kier alpha value is -3.76. The molecule has 0 spiro atoms. The third kappa shape index (κ3) is 72.6. The third-order valence-electron chi connectivity index (χ3n) is 16.8. The Morgan fingerprint density at radius 1 is 0.290 bits per heavy atom. The van der Waals surface area contributed by atoms with Crippen molar-refractivity contribution in [3.63, 3.8) is 0 Å². The van der Waals surface area contributed by atoms with Gasteiger partial charge in [-0.3, -0.25) is 37.3 Å². The van der Waals surface area contributed by atoms with E-state index in [0.717, 1.165) is 161 Å². The Morgan fingerprint density at radius 3 is 0.850 bits per heavy atom. The zero-order valence-electron chi connectivity index (χ0n) is 63.4. The highest BCUT2D eigenvalue weighted by Gasteiger charge is 2.30. The van der Waals surface area contributed by atoms with Crippen molar-refractivity contribution in [2.24, 2.45) is 0 Å². The highest BCUT2D eigenvalue weighted by molar-refractivity contribution is 7.47. The van der Waals surface area contributed by atoms with E-state index in [9.17, 15) is 43.2 Å². The topological polar surface area (TPSA) is 237 Å². The minimum absolute atomic E-state index is 0.0806. The van der Waals surface area contributed by atoms with E-state index in [1.807, 2.05) is 0 Å². The predicted molar refractivity (Wildman–Crippen MR) is 409 cm³/mol. The van der Waals surface area contributed by atoms with E-state index >= 15 is 0 Å². The van der Waals surface area contributed by atoms with E-state index in [4.69, 9.17) is 37.0 Å². The van der Waals surface area contributed by atoms with Crippen LogP contribution in [0.25, 0.3) is 0 Å². The Kier molecular flexibility index (Phi) is 70.8. The smallest absolute Gasteiger partial charge is 0.462 e. The molecule has 580 valence electrons. The van der Waals surface area contributed by atoms with Crippen molar-refractivity contribution in [2.45, 2.75) is 367 Å². The normalized spacial score (nSPS) is 14.3. The lowest BCUT2D eigenvalue weighted by Gasteiger charge is -2.21. The zero-order chi connectivity index (χ0) is 73.2. The SMILES string of the molecule is CC/C=C\C/C=C\C/C=C\C/C=C\CCCCCCC(=O)OCC(COP(=O)(O)OCC(O)COP(=O)(O)OCC(COC(=O)CCCCCCCCCCCCCCCCC)OC(=O)CCCCCCC/C=C\C/C=C\CCC)OC(=O)CCCCCCC/C=C\CCCCCCCC. The lowest BCUT2D eigenvalue weighted by Crippen LogP contribution is -2.30. The molecule has 0 saturated heterocycles. The van der Waals surface area contributed by atoms with E-state index in [1.54, 1.807) is 0 Å². The first-order valence-corrected chi connectivity index (χ1v) is 42.8. The second kappa shape index (κ2) is 73.5. The molecule has 0 aromatic rings. The van der Waals surface area contributed by atoms with E-state index in [1.165, 1.54) is 109 Å². The summed E-state index contributed by atoms with van der Waals surface area (Å²) in [5.41, 5.74) is 0. The molecule has 0 aliphatic heterocycles. The van der Waals surface area contributed by atoms with E-state index in [0.29, 0.717) is 25.7 Å². The number of ether oxygens (including phenoxy) is 4. The monoisotopic (exact) mass is 1450 g/mol. The van der Waals surface area contributed by atoms with Gasteiger partial charge >= 0.3 is 39.5 Å². The van der Waals surface area contributed by atoms with Crippen molar-refractivity contribution >= 4 is 39.5 Å². The Morgan fingerprint density at radius 2 is 0.540 bits per heavy atom. The average molecular weight is 1450 g/mol. The molecular weight excluding hydrogens is 1310 g/mol. The van der Waals surface area contributed by atoms with Crippen LogP contribution in [0.3, 0.4) is 0 Å². The summed E-state index contributed by atoms with van der Waals surface area (Å²) in [6.45, 7) is 4.69. The first kappa shape index (κ1) is 96.2. The Bertz CT molecular complexity index is 2230. The molecule has 0 radical (unpaired) electrons. The summed E-state index contributed by atoms with van der Waals surface area (Å²) in [6, 6.07) is 0. The lowest BCUT2D eigenvalue weighted by atomic mass is 10.0. The fraction of sp³-hybridized carbons (Fsp3) is 0.778.